The maximum atomic E-state index is 13.3. The minimum Gasteiger partial charge on any atom is -0.381 e. The van der Waals surface area contributed by atoms with Crippen LogP contribution in [-0.4, -0.2) is 81.3 Å². The second-order valence-electron chi connectivity index (χ2n) is 7.68. The molecule has 0 saturated carbocycles. The molecule has 138 valence electrons. The zero-order chi connectivity index (χ0) is 17.1. The molecule has 0 N–H and O–H groups in total. The topological polar surface area (TPSA) is 76.4 Å². The summed E-state index contributed by atoms with van der Waals surface area (Å²) in [6.07, 6.45) is 7.86. The van der Waals surface area contributed by atoms with Crippen LogP contribution < -0.4 is 0 Å². The maximum absolute atomic E-state index is 13.3. The van der Waals surface area contributed by atoms with Crippen LogP contribution in [0.5, 0.6) is 0 Å². The standard InChI is InChI=1S/C17H28N6O2/c24-16-17(5-1-9-23(16)15-3-11-25-12-4-15)6-10-21(13-17)7-2-8-22-14-18-19-20-22/h14-15H,1-13H2/t17-/m1/s1. The Morgan fingerprint density at radius 1 is 1.20 bits per heavy atom. The second-order valence-corrected chi connectivity index (χ2v) is 7.68. The van der Waals surface area contributed by atoms with Crippen molar-refractivity contribution in [2.45, 2.75) is 51.1 Å². The molecule has 0 unspecified atom stereocenters. The summed E-state index contributed by atoms with van der Waals surface area (Å²) in [6, 6.07) is 0.396. The van der Waals surface area contributed by atoms with Crippen LogP contribution in [0.2, 0.25) is 0 Å². The lowest BCUT2D eigenvalue weighted by atomic mass is 9.77. The third-order valence-electron chi connectivity index (χ3n) is 6.09. The minimum absolute atomic E-state index is 0.134. The number of ether oxygens (including phenoxy) is 1. The van der Waals surface area contributed by atoms with E-state index in [1.165, 1.54) is 0 Å². The summed E-state index contributed by atoms with van der Waals surface area (Å²) in [6.45, 7) is 6.31. The summed E-state index contributed by atoms with van der Waals surface area (Å²) in [5, 5.41) is 11.2. The molecule has 0 radical (unpaired) electrons. The number of carbonyl (C=O) groups is 1. The number of hydrogen-bond donors (Lipinski definition) is 0. The average molecular weight is 348 g/mol. The Bertz CT molecular complexity index is 574. The molecule has 4 heterocycles. The largest absolute Gasteiger partial charge is 0.381 e. The summed E-state index contributed by atoms with van der Waals surface area (Å²) < 4.78 is 7.24. The van der Waals surface area contributed by atoms with Gasteiger partial charge in [-0.1, -0.05) is 0 Å². The van der Waals surface area contributed by atoms with Gasteiger partial charge >= 0.3 is 0 Å². The molecule has 25 heavy (non-hydrogen) atoms. The first kappa shape index (κ1) is 16.9. The number of tetrazole rings is 1. The smallest absolute Gasteiger partial charge is 0.230 e. The van der Waals surface area contributed by atoms with Gasteiger partial charge in [0.2, 0.25) is 5.91 Å². The lowest BCUT2D eigenvalue weighted by molar-refractivity contribution is -0.150. The van der Waals surface area contributed by atoms with Gasteiger partial charge in [0.25, 0.3) is 0 Å². The molecular weight excluding hydrogens is 320 g/mol. The fourth-order valence-electron chi connectivity index (χ4n) is 4.71. The fraction of sp³-hybridized carbons (Fsp3) is 0.882. The number of carbonyl (C=O) groups excluding carboxylic acids is 1. The van der Waals surface area contributed by atoms with E-state index in [4.69, 9.17) is 4.74 Å². The lowest BCUT2D eigenvalue weighted by Gasteiger charge is -2.44. The molecule has 0 bridgehead atoms. The zero-order valence-corrected chi connectivity index (χ0v) is 14.8. The summed E-state index contributed by atoms with van der Waals surface area (Å²) in [5.41, 5.74) is -0.134. The van der Waals surface area contributed by atoms with Crippen LogP contribution in [0.25, 0.3) is 0 Å². The Balaban J connectivity index is 1.32. The molecule has 1 aromatic rings. The third-order valence-corrected chi connectivity index (χ3v) is 6.09. The van der Waals surface area contributed by atoms with Gasteiger partial charge < -0.3 is 14.5 Å². The van der Waals surface area contributed by atoms with Gasteiger partial charge in [-0.2, -0.15) is 0 Å². The highest BCUT2D eigenvalue weighted by atomic mass is 16.5. The first-order valence-electron chi connectivity index (χ1n) is 9.59. The Morgan fingerprint density at radius 2 is 2.08 bits per heavy atom. The summed E-state index contributed by atoms with van der Waals surface area (Å²) >= 11 is 0. The SMILES string of the molecule is O=C1N(C2CCOCC2)CCC[C@]12CCN(CCCn1cnnn1)C2. The highest BCUT2D eigenvalue weighted by molar-refractivity contribution is 5.84. The molecule has 4 rings (SSSR count). The van der Waals surface area contributed by atoms with Crippen molar-refractivity contribution in [3.05, 3.63) is 6.33 Å². The molecule has 3 aliphatic heterocycles. The molecule has 0 aliphatic carbocycles. The van der Waals surface area contributed by atoms with Gasteiger partial charge in [0.15, 0.2) is 0 Å². The number of aryl methyl sites for hydroxylation is 1. The molecule has 1 spiro atoms. The molecule has 1 amide bonds. The van der Waals surface area contributed by atoms with Crippen molar-refractivity contribution < 1.29 is 9.53 Å². The average Bonchev–Trinajstić information content (AvgIpc) is 3.29. The van der Waals surface area contributed by atoms with Gasteiger partial charge in [0, 0.05) is 38.9 Å². The van der Waals surface area contributed by atoms with Crippen LogP contribution in [-0.2, 0) is 16.1 Å². The highest BCUT2D eigenvalue weighted by Gasteiger charge is 2.49. The number of aromatic nitrogens is 4. The first-order valence-corrected chi connectivity index (χ1v) is 9.59. The number of piperidine rings is 1. The molecule has 8 heteroatoms. The molecule has 3 saturated heterocycles. The fourth-order valence-corrected chi connectivity index (χ4v) is 4.71. The van der Waals surface area contributed by atoms with Crippen molar-refractivity contribution in [3.63, 3.8) is 0 Å². The van der Waals surface area contributed by atoms with E-state index in [9.17, 15) is 4.79 Å². The van der Waals surface area contributed by atoms with E-state index >= 15 is 0 Å². The Hall–Kier alpha value is -1.54. The molecule has 3 fully saturated rings. The molecule has 1 aromatic heterocycles. The van der Waals surface area contributed by atoms with Crippen LogP contribution in [0, 0.1) is 5.41 Å². The van der Waals surface area contributed by atoms with Crippen molar-refractivity contribution in [1.82, 2.24) is 30.0 Å². The van der Waals surface area contributed by atoms with E-state index in [1.54, 1.807) is 11.0 Å². The van der Waals surface area contributed by atoms with Gasteiger partial charge in [-0.3, -0.25) is 4.79 Å². The van der Waals surface area contributed by atoms with Gasteiger partial charge in [0.1, 0.15) is 6.33 Å². The van der Waals surface area contributed by atoms with Gasteiger partial charge in [0.05, 0.1) is 5.41 Å². The summed E-state index contributed by atoms with van der Waals surface area (Å²) in [5.74, 6) is 0.411. The van der Waals surface area contributed by atoms with E-state index in [2.05, 4.69) is 25.3 Å². The number of likely N-dealkylation sites (tertiary alicyclic amines) is 2. The van der Waals surface area contributed by atoms with Gasteiger partial charge in [-0.15, -0.1) is 5.10 Å². The number of amides is 1. The second kappa shape index (κ2) is 7.37. The lowest BCUT2D eigenvalue weighted by Crippen LogP contribution is -2.54. The third kappa shape index (κ3) is 3.55. The van der Waals surface area contributed by atoms with E-state index in [0.717, 1.165) is 84.5 Å². The van der Waals surface area contributed by atoms with E-state index in [-0.39, 0.29) is 5.41 Å². The zero-order valence-electron chi connectivity index (χ0n) is 14.8. The molecular formula is C17H28N6O2. The van der Waals surface area contributed by atoms with Crippen LogP contribution in [0.1, 0.15) is 38.5 Å². The highest BCUT2D eigenvalue weighted by Crippen LogP contribution is 2.41. The van der Waals surface area contributed by atoms with E-state index < -0.39 is 0 Å². The van der Waals surface area contributed by atoms with Crippen LogP contribution in [0.3, 0.4) is 0 Å². The van der Waals surface area contributed by atoms with Gasteiger partial charge in [-0.25, -0.2) is 4.68 Å². The van der Waals surface area contributed by atoms with E-state index in [1.807, 2.05) is 0 Å². The van der Waals surface area contributed by atoms with Crippen molar-refractivity contribution in [2.75, 3.05) is 39.4 Å². The monoisotopic (exact) mass is 348 g/mol. The first-order chi connectivity index (χ1) is 12.3. The molecule has 1 atom stereocenters. The van der Waals surface area contributed by atoms with Crippen molar-refractivity contribution in [2.24, 2.45) is 5.41 Å². The van der Waals surface area contributed by atoms with Crippen molar-refractivity contribution >= 4 is 5.91 Å². The van der Waals surface area contributed by atoms with Crippen LogP contribution in [0.4, 0.5) is 0 Å². The molecule has 3 aliphatic rings. The number of hydrogen-bond acceptors (Lipinski definition) is 6. The van der Waals surface area contributed by atoms with Crippen molar-refractivity contribution in [3.8, 4) is 0 Å². The Labute approximate surface area is 148 Å². The number of nitrogens with zero attached hydrogens (tertiary/aromatic N) is 6. The minimum atomic E-state index is -0.134. The van der Waals surface area contributed by atoms with Crippen LogP contribution >= 0.6 is 0 Å². The van der Waals surface area contributed by atoms with Crippen LogP contribution in [0.15, 0.2) is 6.33 Å². The molecule has 8 nitrogen and oxygen atoms in total. The van der Waals surface area contributed by atoms with Crippen molar-refractivity contribution in [1.29, 1.82) is 0 Å². The maximum Gasteiger partial charge on any atom is 0.230 e. The quantitative estimate of drug-likeness (QED) is 0.774. The molecule has 0 aromatic carbocycles. The summed E-state index contributed by atoms with van der Waals surface area (Å²) in [7, 11) is 0. The summed E-state index contributed by atoms with van der Waals surface area (Å²) in [4.78, 5) is 17.9. The number of rotatable bonds is 5. The Morgan fingerprint density at radius 3 is 2.88 bits per heavy atom. The predicted molar refractivity (Wildman–Crippen MR) is 90.7 cm³/mol. The normalized spacial score (nSPS) is 29.0. The predicted octanol–water partition coefficient (Wildman–Crippen LogP) is 0.557. The van der Waals surface area contributed by atoms with E-state index in [0.29, 0.717) is 11.9 Å². The Kier molecular flexibility index (Phi) is 4.98. The van der Waals surface area contributed by atoms with Gasteiger partial charge in [-0.05, 0) is 62.0 Å².